The van der Waals surface area contributed by atoms with Gasteiger partial charge in [-0.05, 0) is 82.2 Å². The summed E-state index contributed by atoms with van der Waals surface area (Å²) in [6, 6.07) is 65.9. The van der Waals surface area contributed by atoms with Crippen LogP contribution in [0, 0.1) is 0 Å². The zero-order chi connectivity index (χ0) is 34.6. The number of aromatic nitrogens is 3. The van der Waals surface area contributed by atoms with E-state index in [1.807, 2.05) is 0 Å². The molecule has 0 bridgehead atoms. The molecule has 12 rings (SSSR count). The predicted molar refractivity (Wildman–Crippen MR) is 223 cm³/mol. The Bertz CT molecular complexity index is 3350. The molecule has 4 nitrogen and oxygen atoms in total. The average molecular weight is 675 g/mol. The number of rotatable bonds is 4. The van der Waals surface area contributed by atoms with E-state index in [1.54, 1.807) is 0 Å². The minimum Gasteiger partial charge on any atom is -0.308 e. The van der Waals surface area contributed by atoms with Gasteiger partial charge < -0.3 is 9.30 Å². The second kappa shape index (κ2) is 10.7. The molecule has 0 atom stereocenters. The van der Waals surface area contributed by atoms with Crippen molar-refractivity contribution in [2.45, 2.75) is 0 Å². The van der Waals surface area contributed by atoms with Crippen molar-refractivity contribution < 1.29 is 0 Å². The summed E-state index contributed by atoms with van der Waals surface area (Å²) in [4.78, 5) is 8.06. The highest BCUT2D eigenvalue weighted by Gasteiger charge is 2.25. The molecule has 4 aromatic heterocycles. The minimum absolute atomic E-state index is 0.965. The molecule has 0 N–H and O–H groups in total. The van der Waals surface area contributed by atoms with Crippen molar-refractivity contribution >= 4 is 98.8 Å². The van der Waals surface area contributed by atoms with E-state index in [-0.39, 0.29) is 0 Å². The summed E-state index contributed by atoms with van der Waals surface area (Å²) in [6.45, 7) is 0. The zero-order valence-electron chi connectivity index (χ0n) is 28.6. The third kappa shape index (κ3) is 3.98. The smallest absolute Gasteiger partial charge is 0.146 e. The van der Waals surface area contributed by atoms with Gasteiger partial charge in [-0.3, -0.25) is 4.57 Å². The number of benzene rings is 8. The van der Waals surface area contributed by atoms with Crippen molar-refractivity contribution in [2.75, 3.05) is 4.90 Å². The van der Waals surface area contributed by atoms with Gasteiger partial charge in [-0.25, -0.2) is 4.98 Å². The number of anilines is 3. The van der Waals surface area contributed by atoms with Crippen LogP contribution in [0.15, 0.2) is 182 Å². The molecular formula is C49H30N4. The molecule has 0 amide bonds. The van der Waals surface area contributed by atoms with Gasteiger partial charge in [0, 0.05) is 44.0 Å². The van der Waals surface area contributed by atoms with Crippen LogP contribution in [0.4, 0.5) is 17.1 Å². The fraction of sp³-hybridized carbons (Fsp3) is 0. The molecule has 4 heterocycles. The number of fused-ring (bicyclic) bond motifs is 11. The van der Waals surface area contributed by atoms with Crippen LogP contribution in [0.1, 0.15) is 0 Å². The summed E-state index contributed by atoms with van der Waals surface area (Å²) in [5.74, 6) is 0. The van der Waals surface area contributed by atoms with Gasteiger partial charge in [0.05, 0.1) is 33.3 Å². The Hall–Kier alpha value is -7.17. The maximum Gasteiger partial charge on any atom is 0.146 e. The van der Waals surface area contributed by atoms with Gasteiger partial charge in [0.2, 0.25) is 0 Å². The lowest BCUT2D eigenvalue weighted by atomic mass is 10.1. The molecule has 0 saturated heterocycles. The number of nitrogens with zero attached hydrogens (tertiary/aromatic N) is 4. The predicted octanol–water partition coefficient (Wildman–Crippen LogP) is 13.1. The molecule has 0 saturated carbocycles. The Morgan fingerprint density at radius 2 is 1.00 bits per heavy atom. The Balaban J connectivity index is 1.24. The molecule has 53 heavy (non-hydrogen) atoms. The minimum atomic E-state index is 0.965. The Morgan fingerprint density at radius 1 is 0.396 bits per heavy atom. The first-order chi connectivity index (χ1) is 26.3. The summed E-state index contributed by atoms with van der Waals surface area (Å²) >= 11 is 0. The van der Waals surface area contributed by atoms with Crippen LogP contribution in [-0.2, 0) is 0 Å². The Morgan fingerprint density at radius 3 is 1.74 bits per heavy atom. The monoisotopic (exact) mass is 674 g/mol. The lowest BCUT2D eigenvalue weighted by Gasteiger charge is -2.26. The van der Waals surface area contributed by atoms with Gasteiger partial charge in [0.1, 0.15) is 5.65 Å². The van der Waals surface area contributed by atoms with Gasteiger partial charge >= 0.3 is 0 Å². The van der Waals surface area contributed by atoms with Crippen molar-refractivity contribution in [3.8, 4) is 5.69 Å². The summed E-state index contributed by atoms with van der Waals surface area (Å²) in [6.07, 6.45) is 0. The molecule has 0 spiro atoms. The highest BCUT2D eigenvalue weighted by molar-refractivity contribution is 6.26. The Labute approximate surface area is 304 Å². The standard InChI is InChI=1S/C49H30N4/c1-3-17-35(18-4-1)51(36-19-5-2-6-20-36)43-24-12-22-39-38-21-11-23-40-46-45(53(47(38)40)48(39)43)30-42-41-28-33-15-9-10-16-34(33)29-44(41)52(49(42)50-46)37-26-25-31-13-7-8-14-32(31)27-37/h1-30H. The average Bonchev–Trinajstić information content (AvgIpc) is 3.84. The quantitative estimate of drug-likeness (QED) is 0.186. The number of pyridine rings is 1. The normalized spacial score (nSPS) is 12.2. The van der Waals surface area contributed by atoms with E-state index in [0.29, 0.717) is 0 Å². The van der Waals surface area contributed by atoms with E-state index >= 15 is 0 Å². The van der Waals surface area contributed by atoms with Crippen molar-refractivity contribution in [3.63, 3.8) is 0 Å². The molecule has 0 aliphatic rings. The first-order valence-corrected chi connectivity index (χ1v) is 18.1. The highest BCUT2D eigenvalue weighted by Crippen LogP contribution is 2.46. The molecule has 12 aromatic rings. The number of hydrogen-bond donors (Lipinski definition) is 0. The third-order valence-electron chi connectivity index (χ3n) is 11.1. The lowest BCUT2D eigenvalue weighted by molar-refractivity contribution is 1.15. The van der Waals surface area contributed by atoms with Crippen molar-refractivity contribution in [3.05, 3.63) is 182 Å². The van der Waals surface area contributed by atoms with Crippen LogP contribution in [0.2, 0.25) is 0 Å². The third-order valence-corrected chi connectivity index (χ3v) is 11.1. The van der Waals surface area contributed by atoms with Crippen LogP contribution >= 0.6 is 0 Å². The van der Waals surface area contributed by atoms with Gasteiger partial charge in [-0.15, -0.1) is 0 Å². The first kappa shape index (κ1) is 28.5. The maximum absolute atomic E-state index is 5.68. The van der Waals surface area contributed by atoms with Crippen molar-refractivity contribution in [1.29, 1.82) is 0 Å². The lowest BCUT2D eigenvalue weighted by Crippen LogP contribution is -2.10. The van der Waals surface area contributed by atoms with Crippen molar-refractivity contribution in [1.82, 2.24) is 14.0 Å². The van der Waals surface area contributed by atoms with Gasteiger partial charge in [-0.2, -0.15) is 0 Å². The molecule has 4 heteroatoms. The largest absolute Gasteiger partial charge is 0.308 e. The topological polar surface area (TPSA) is 25.5 Å². The number of hydrogen-bond acceptors (Lipinski definition) is 2. The summed E-state index contributed by atoms with van der Waals surface area (Å²) in [5, 5.41) is 10.8. The fourth-order valence-electron chi connectivity index (χ4n) is 8.84. The molecule has 0 radical (unpaired) electrons. The van der Waals surface area contributed by atoms with Gasteiger partial charge in [0.15, 0.2) is 0 Å². The molecular weight excluding hydrogens is 645 g/mol. The highest BCUT2D eigenvalue weighted by atomic mass is 15.2. The van der Waals surface area contributed by atoms with E-state index in [9.17, 15) is 0 Å². The molecule has 0 unspecified atom stereocenters. The van der Waals surface area contributed by atoms with E-state index in [1.165, 1.54) is 48.7 Å². The van der Waals surface area contributed by atoms with Crippen molar-refractivity contribution in [2.24, 2.45) is 0 Å². The zero-order valence-corrected chi connectivity index (χ0v) is 28.6. The summed E-state index contributed by atoms with van der Waals surface area (Å²) in [5.41, 5.74) is 11.1. The van der Waals surface area contributed by atoms with Gasteiger partial charge in [0.25, 0.3) is 0 Å². The van der Waals surface area contributed by atoms with Gasteiger partial charge in [-0.1, -0.05) is 121 Å². The second-order valence-electron chi connectivity index (χ2n) is 14.0. The summed E-state index contributed by atoms with van der Waals surface area (Å²) < 4.78 is 4.85. The summed E-state index contributed by atoms with van der Waals surface area (Å²) in [7, 11) is 0. The molecule has 8 aromatic carbocycles. The fourth-order valence-corrected chi connectivity index (χ4v) is 8.84. The Kier molecular flexibility index (Phi) is 5.74. The van der Waals surface area contributed by atoms with E-state index in [2.05, 4.69) is 196 Å². The van der Waals surface area contributed by atoms with Crippen LogP contribution in [0.25, 0.3) is 87.4 Å². The van der Waals surface area contributed by atoms with E-state index in [0.717, 1.165) is 55.7 Å². The first-order valence-electron chi connectivity index (χ1n) is 18.1. The van der Waals surface area contributed by atoms with Crippen LogP contribution in [0.5, 0.6) is 0 Å². The number of para-hydroxylation sites is 4. The van der Waals surface area contributed by atoms with E-state index in [4.69, 9.17) is 4.98 Å². The van der Waals surface area contributed by atoms with E-state index < -0.39 is 0 Å². The molecule has 246 valence electrons. The molecule has 0 aliphatic heterocycles. The van der Waals surface area contributed by atoms with Crippen LogP contribution in [-0.4, -0.2) is 14.0 Å². The maximum atomic E-state index is 5.68. The van der Waals surface area contributed by atoms with Crippen LogP contribution < -0.4 is 4.90 Å². The molecule has 0 fully saturated rings. The second-order valence-corrected chi connectivity index (χ2v) is 14.0. The SMILES string of the molecule is c1ccc(N(c2ccccc2)c2cccc3c4cccc5c6nc7c(cc6n(c23)c45)c2cc3ccccc3cc2n7-c2ccc3ccccc3c2)cc1. The van der Waals surface area contributed by atoms with Crippen LogP contribution in [0.3, 0.4) is 0 Å². The molecule has 0 aliphatic carbocycles.